The van der Waals surface area contributed by atoms with Crippen LogP contribution in [0.25, 0.3) is 10.9 Å². The van der Waals surface area contributed by atoms with Gasteiger partial charge in [0, 0.05) is 3.57 Å². The van der Waals surface area contributed by atoms with Crippen LogP contribution >= 0.6 is 22.6 Å². The van der Waals surface area contributed by atoms with E-state index in [2.05, 4.69) is 32.6 Å². The Kier molecular flexibility index (Phi) is 3.41. The van der Waals surface area contributed by atoms with Crippen molar-refractivity contribution in [2.75, 3.05) is 6.61 Å². The molecule has 0 atom stereocenters. The highest BCUT2D eigenvalue weighted by atomic mass is 127. The minimum absolute atomic E-state index is 0.0636. The molecule has 0 unspecified atom stereocenters. The van der Waals surface area contributed by atoms with E-state index in [0.29, 0.717) is 10.9 Å². The number of rotatable bonds is 2. The second kappa shape index (κ2) is 4.82. The number of H-pyrrole nitrogens is 1. The fourth-order valence-corrected chi connectivity index (χ4v) is 1.88. The minimum atomic E-state index is -0.620. The lowest BCUT2D eigenvalue weighted by atomic mass is 10.2. The Hall–Kier alpha value is -1.44. The number of benzene rings is 1. The van der Waals surface area contributed by atoms with Gasteiger partial charge in [0.1, 0.15) is 0 Å². The number of halogens is 1. The van der Waals surface area contributed by atoms with Crippen molar-refractivity contribution in [1.82, 2.24) is 9.97 Å². The Morgan fingerprint density at radius 2 is 2.29 bits per heavy atom. The second-order valence-electron chi connectivity index (χ2n) is 3.30. The van der Waals surface area contributed by atoms with Crippen LogP contribution in [0.3, 0.4) is 0 Å². The number of aromatic amines is 1. The van der Waals surface area contributed by atoms with Gasteiger partial charge in [-0.3, -0.25) is 4.79 Å². The summed E-state index contributed by atoms with van der Waals surface area (Å²) in [6.07, 6.45) is 0. The molecule has 0 bridgehead atoms. The van der Waals surface area contributed by atoms with Crippen molar-refractivity contribution in [3.63, 3.8) is 0 Å². The van der Waals surface area contributed by atoms with Gasteiger partial charge in [-0.15, -0.1) is 0 Å². The van der Waals surface area contributed by atoms with E-state index < -0.39 is 5.97 Å². The molecule has 2 rings (SSSR count). The minimum Gasteiger partial charge on any atom is -0.460 e. The molecule has 0 aliphatic rings. The second-order valence-corrected chi connectivity index (χ2v) is 4.54. The first-order valence-electron chi connectivity index (χ1n) is 4.98. The van der Waals surface area contributed by atoms with E-state index in [1.165, 1.54) is 0 Å². The molecule has 2 aromatic rings. The molecular weight excluding hydrogens is 335 g/mol. The van der Waals surface area contributed by atoms with Crippen molar-refractivity contribution >= 4 is 39.5 Å². The van der Waals surface area contributed by atoms with Gasteiger partial charge in [-0.1, -0.05) is 0 Å². The van der Waals surface area contributed by atoms with E-state index in [9.17, 15) is 9.59 Å². The topological polar surface area (TPSA) is 72.0 Å². The molecule has 0 saturated heterocycles. The maximum Gasteiger partial charge on any atom is 0.374 e. The van der Waals surface area contributed by atoms with Crippen molar-refractivity contribution in [2.45, 2.75) is 6.92 Å². The number of hydrogen-bond donors (Lipinski definition) is 1. The molecule has 6 heteroatoms. The highest BCUT2D eigenvalue weighted by Crippen LogP contribution is 2.12. The predicted octanol–water partition coefficient (Wildman–Crippen LogP) is 1.70. The molecule has 0 spiro atoms. The monoisotopic (exact) mass is 344 g/mol. The Morgan fingerprint density at radius 3 is 3.00 bits per heavy atom. The van der Waals surface area contributed by atoms with E-state index in [1.807, 2.05) is 6.07 Å². The third-order valence-corrected chi connectivity index (χ3v) is 2.81. The zero-order valence-electron chi connectivity index (χ0n) is 8.99. The summed E-state index contributed by atoms with van der Waals surface area (Å²) in [5.41, 5.74) is 0.151. The number of nitrogens with zero attached hydrogens (tertiary/aromatic N) is 1. The maximum atomic E-state index is 11.7. The molecule has 1 aromatic carbocycles. The summed E-state index contributed by atoms with van der Waals surface area (Å²) < 4.78 is 5.74. The fourth-order valence-electron chi connectivity index (χ4n) is 1.41. The van der Waals surface area contributed by atoms with Gasteiger partial charge in [-0.25, -0.2) is 9.78 Å². The van der Waals surface area contributed by atoms with E-state index in [4.69, 9.17) is 4.74 Å². The van der Waals surface area contributed by atoms with Gasteiger partial charge in [-0.05, 0) is 47.7 Å². The molecule has 0 fully saturated rings. The highest BCUT2D eigenvalue weighted by Gasteiger charge is 2.12. The lowest BCUT2D eigenvalue weighted by Gasteiger charge is -2.02. The number of esters is 1. The van der Waals surface area contributed by atoms with Gasteiger partial charge < -0.3 is 9.72 Å². The average Bonchev–Trinajstić information content (AvgIpc) is 2.28. The van der Waals surface area contributed by atoms with E-state index in [0.717, 1.165) is 3.57 Å². The smallest absolute Gasteiger partial charge is 0.374 e. The molecule has 1 aromatic heterocycles. The van der Waals surface area contributed by atoms with Crippen LogP contribution in [-0.4, -0.2) is 22.5 Å². The molecule has 0 aliphatic heterocycles. The summed E-state index contributed by atoms with van der Waals surface area (Å²) in [5, 5.41) is 0.457. The summed E-state index contributed by atoms with van der Waals surface area (Å²) in [7, 11) is 0. The predicted molar refractivity (Wildman–Crippen MR) is 71.0 cm³/mol. The summed E-state index contributed by atoms with van der Waals surface area (Å²) in [4.78, 5) is 29.7. The van der Waals surface area contributed by atoms with Crippen LogP contribution in [0.1, 0.15) is 17.5 Å². The van der Waals surface area contributed by atoms with Crippen LogP contribution in [0.4, 0.5) is 0 Å². The van der Waals surface area contributed by atoms with E-state index in [-0.39, 0.29) is 18.0 Å². The molecule has 0 aliphatic carbocycles. The molecule has 5 nitrogen and oxygen atoms in total. The van der Waals surface area contributed by atoms with Crippen molar-refractivity contribution in [1.29, 1.82) is 0 Å². The molecule has 17 heavy (non-hydrogen) atoms. The zero-order valence-corrected chi connectivity index (χ0v) is 11.1. The lowest BCUT2D eigenvalue weighted by molar-refractivity contribution is 0.0512. The zero-order chi connectivity index (χ0) is 12.4. The van der Waals surface area contributed by atoms with Crippen molar-refractivity contribution in [3.05, 3.63) is 37.9 Å². The maximum absolute atomic E-state index is 11.7. The van der Waals surface area contributed by atoms with Gasteiger partial charge >= 0.3 is 5.97 Å². The Balaban J connectivity index is 2.61. The Morgan fingerprint density at radius 1 is 1.53 bits per heavy atom. The number of aromatic nitrogens is 2. The molecule has 0 saturated carbocycles. The highest BCUT2D eigenvalue weighted by molar-refractivity contribution is 14.1. The van der Waals surface area contributed by atoms with Gasteiger partial charge in [0.25, 0.3) is 5.56 Å². The number of fused-ring (bicyclic) bond motifs is 1. The van der Waals surface area contributed by atoms with Crippen LogP contribution in [0, 0.1) is 3.57 Å². The van der Waals surface area contributed by atoms with Crippen LogP contribution in [0.15, 0.2) is 23.0 Å². The van der Waals surface area contributed by atoms with E-state index >= 15 is 0 Å². The molecule has 88 valence electrons. The molecule has 1 heterocycles. The first-order chi connectivity index (χ1) is 8.11. The number of hydrogen-bond acceptors (Lipinski definition) is 4. The summed E-state index contributed by atoms with van der Waals surface area (Å²) in [6, 6.07) is 5.23. The number of carbonyl (C=O) groups excluding carboxylic acids is 1. The number of carbonyl (C=O) groups is 1. The van der Waals surface area contributed by atoms with Crippen LogP contribution in [-0.2, 0) is 4.74 Å². The van der Waals surface area contributed by atoms with Crippen molar-refractivity contribution < 1.29 is 9.53 Å². The molecule has 1 N–H and O–H groups in total. The van der Waals surface area contributed by atoms with Crippen LogP contribution in [0.2, 0.25) is 0 Å². The van der Waals surface area contributed by atoms with Gasteiger partial charge in [0.15, 0.2) is 0 Å². The third kappa shape index (κ3) is 2.46. The summed E-state index contributed by atoms with van der Waals surface area (Å²) >= 11 is 2.12. The van der Waals surface area contributed by atoms with Gasteiger partial charge in [-0.2, -0.15) is 0 Å². The number of ether oxygens (including phenoxy) is 1. The molecular formula is C11H9IN2O3. The normalized spacial score (nSPS) is 10.5. The van der Waals surface area contributed by atoms with Gasteiger partial charge in [0.05, 0.1) is 17.5 Å². The average molecular weight is 344 g/mol. The SMILES string of the molecule is CCOC(=O)c1nc2cc(I)ccc2c(=O)[nH]1. The fraction of sp³-hybridized carbons (Fsp3) is 0.182. The first-order valence-corrected chi connectivity index (χ1v) is 6.06. The van der Waals surface area contributed by atoms with Crippen molar-refractivity contribution in [2.24, 2.45) is 0 Å². The van der Waals surface area contributed by atoms with Crippen LogP contribution in [0.5, 0.6) is 0 Å². The van der Waals surface area contributed by atoms with Gasteiger partial charge in [0.2, 0.25) is 5.82 Å². The van der Waals surface area contributed by atoms with E-state index in [1.54, 1.807) is 19.1 Å². The number of nitrogens with one attached hydrogen (secondary N) is 1. The van der Waals surface area contributed by atoms with Crippen LogP contribution < -0.4 is 5.56 Å². The largest absolute Gasteiger partial charge is 0.460 e. The lowest BCUT2D eigenvalue weighted by Crippen LogP contribution is -2.17. The van der Waals surface area contributed by atoms with Crippen molar-refractivity contribution in [3.8, 4) is 0 Å². The molecule has 0 amide bonds. The standard InChI is InChI=1S/C11H9IN2O3/c1-2-17-11(16)9-13-8-5-6(12)3-4-7(8)10(15)14-9/h3-5H,2H2,1H3,(H,13,14,15). The summed E-state index contributed by atoms with van der Waals surface area (Å²) in [5.74, 6) is -0.684. The Bertz CT molecular complexity index is 636. The third-order valence-electron chi connectivity index (χ3n) is 2.14. The first kappa shape index (κ1) is 12.0. The molecule has 0 radical (unpaired) electrons. The Labute approximate surface area is 110 Å². The quantitative estimate of drug-likeness (QED) is 0.665. The summed E-state index contributed by atoms with van der Waals surface area (Å²) in [6.45, 7) is 1.94.